The molecule has 0 radical (unpaired) electrons. The van der Waals surface area contributed by atoms with Crippen molar-refractivity contribution in [3.63, 3.8) is 0 Å². The van der Waals surface area contributed by atoms with Gasteiger partial charge in [0.15, 0.2) is 23.3 Å². The third kappa shape index (κ3) is 9.69. The van der Waals surface area contributed by atoms with Crippen LogP contribution in [0, 0.1) is 0 Å². The summed E-state index contributed by atoms with van der Waals surface area (Å²) in [5, 5.41) is 11.7. The van der Waals surface area contributed by atoms with E-state index in [9.17, 15) is 29.1 Å². The van der Waals surface area contributed by atoms with Crippen LogP contribution in [0.4, 0.5) is 4.79 Å². The average Bonchev–Trinajstić information content (AvgIpc) is 3.99. The Bertz CT molecular complexity index is 1920. The molecule has 6 rings (SSSR count). The van der Waals surface area contributed by atoms with Crippen LogP contribution in [0.25, 0.3) is 22.6 Å². The van der Waals surface area contributed by atoms with Crippen LogP contribution in [0.2, 0.25) is 0 Å². The average molecular weight is 745 g/mol. The van der Waals surface area contributed by atoms with Crippen molar-refractivity contribution in [3.05, 3.63) is 84.8 Å². The smallest absolute Gasteiger partial charge is 0.408 e. The highest BCUT2D eigenvalue weighted by Crippen LogP contribution is 2.35. The van der Waals surface area contributed by atoms with E-state index in [1.54, 1.807) is 33.2 Å². The Morgan fingerprint density at radius 3 is 1.74 bits per heavy atom. The van der Waals surface area contributed by atoms with Gasteiger partial charge in [-0.05, 0) is 33.6 Å². The van der Waals surface area contributed by atoms with Gasteiger partial charge in [0, 0.05) is 24.2 Å². The number of carboxylic acid groups (broad SMARTS) is 1. The minimum atomic E-state index is -1.04. The molecule has 16 heteroatoms. The first-order valence-electron chi connectivity index (χ1n) is 17.4. The number of esters is 1. The number of amides is 3. The van der Waals surface area contributed by atoms with E-state index in [0.717, 1.165) is 11.1 Å². The van der Waals surface area contributed by atoms with Crippen LogP contribution < -0.4 is 11.1 Å². The molecule has 4 aromatic rings. The van der Waals surface area contributed by atoms with Crippen molar-refractivity contribution in [1.82, 2.24) is 25.1 Å². The summed E-state index contributed by atoms with van der Waals surface area (Å²) < 4.78 is 21.7. The number of benzene rings is 2. The van der Waals surface area contributed by atoms with Gasteiger partial charge < -0.3 is 44.3 Å². The Morgan fingerprint density at radius 2 is 1.30 bits per heavy atom. The van der Waals surface area contributed by atoms with Crippen molar-refractivity contribution in [2.24, 2.45) is 5.73 Å². The lowest BCUT2D eigenvalue weighted by Crippen LogP contribution is -2.46. The summed E-state index contributed by atoms with van der Waals surface area (Å²) in [6.45, 7) is 5.16. The van der Waals surface area contributed by atoms with Gasteiger partial charge in [0.05, 0.1) is 37.9 Å². The summed E-state index contributed by atoms with van der Waals surface area (Å²) in [6, 6.07) is 17.4. The molecule has 0 unspecified atom stereocenters. The van der Waals surface area contributed by atoms with Gasteiger partial charge in [0.2, 0.25) is 11.8 Å². The molecule has 2 aromatic heterocycles. The normalized spacial score (nSPS) is 19.4. The van der Waals surface area contributed by atoms with Crippen LogP contribution in [0.5, 0.6) is 0 Å². The van der Waals surface area contributed by atoms with E-state index in [0.29, 0.717) is 29.7 Å². The fourth-order valence-electron chi connectivity index (χ4n) is 6.28. The number of methoxy groups -OCH3 is 1. The number of aliphatic carboxylic acids is 1. The lowest BCUT2D eigenvalue weighted by Gasteiger charge is -2.23. The number of aromatic nitrogens is 2. The lowest BCUT2D eigenvalue weighted by molar-refractivity contribution is -0.150. The molecular formula is C38H44N6O10. The highest BCUT2D eigenvalue weighted by atomic mass is 16.6. The van der Waals surface area contributed by atoms with E-state index in [1.807, 2.05) is 60.7 Å². The van der Waals surface area contributed by atoms with E-state index in [2.05, 4.69) is 15.3 Å². The number of likely N-dealkylation sites (tertiary alicyclic amines) is 2. The van der Waals surface area contributed by atoms with Crippen LogP contribution in [-0.4, -0.2) is 106 Å². The first kappa shape index (κ1) is 39.2. The molecule has 54 heavy (non-hydrogen) atoms. The highest BCUT2D eigenvalue weighted by molar-refractivity contribution is 5.88. The van der Waals surface area contributed by atoms with Gasteiger partial charge in [0.25, 0.3) is 0 Å². The number of ether oxygens (including phenoxy) is 2. The predicted octanol–water partition coefficient (Wildman–Crippen LogP) is 3.79. The first-order valence-corrected chi connectivity index (χ1v) is 17.4. The quantitative estimate of drug-likeness (QED) is 0.208. The summed E-state index contributed by atoms with van der Waals surface area (Å²) >= 11 is 0. The topological polar surface area (TPSA) is 221 Å². The van der Waals surface area contributed by atoms with Gasteiger partial charge in [-0.1, -0.05) is 60.7 Å². The zero-order valence-electron chi connectivity index (χ0n) is 30.5. The Kier molecular flexibility index (Phi) is 12.5. The second kappa shape index (κ2) is 17.2. The van der Waals surface area contributed by atoms with Gasteiger partial charge in [-0.15, -0.1) is 0 Å². The van der Waals surface area contributed by atoms with E-state index < -0.39 is 41.6 Å². The fraction of sp³-hybridized carbons (Fsp3) is 0.395. The van der Waals surface area contributed by atoms with E-state index >= 15 is 0 Å². The molecule has 0 aliphatic carbocycles. The van der Waals surface area contributed by atoms with Crippen molar-refractivity contribution in [1.29, 1.82) is 0 Å². The fourth-order valence-corrected chi connectivity index (χ4v) is 6.28. The zero-order chi connectivity index (χ0) is 39.0. The second-order valence-electron chi connectivity index (χ2n) is 13.8. The lowest BCUT2D eigenvalue weighted by atomic mass is 10.1. The maximum atomic E-state index is 12.7. The maximum Gasteiger partial charge on any atom is 0.408 e. The Balaban J connectivity index is 0.000000217. The van der Waals surface area contributed by atoms with Gasteiger partial charge in [-0.2, -0.15) is 0 Å². The minimum absolute atomic E-state index is 0.211. The number of nitrogens with two attached hydrogens (primary N) is 1. The largest absolute Gasteiger partial charge is 0.480 e. The number of oxazole rings is 2. The number of hydrogen-bond acceptors (Lipinski definition) is 12. The number of nitrogens with one attached hydrogen (secondary N) is 1. The summed E-state index contributed by atoms with van der Waals surface area (Å²) in [6.07, 6.45) is 3.14. The molecule has 4 heterocycles. The second-order valence-corrected chi connectivity index (χ2v) is 13.8. The molecule has 286 valence electrons. The van der Waals surface area contributed by atoms with Crippen molar-refractivity contribution < 1.29 is 47.4 Å². The number of alkyl carbamates (subject to hydrolysis) is 1. The molecular weight excluding hydrogens is 700 g/mol. The minimum Gasteiger partial charge on any atom is -0.480 e. The first-order chi connectivity index (χ1) is 25.8. The molecule has 2 aromatic carbocycles. The molecule has 2 fully saturated rings. The molecule has 0 spiro atoms. The monoisotopic (exact) mass is 744 g/mol. The standard InChI is InChI=1S/C22H27N3O6.C16H17N3O4/c1-22(2,3)31-21(28)24-12-18(26)25-13-15(10-16(25)20(27)29-4)19-23-11-17(30-19)14-8-6-5-7-9-14;17-7-14(20)19-9-11(6-12(19)16(21)22)15-18-8-13(23-15)10-4-2-1-3-5-10/h5-9,11,15-16H,10,12-13H2,1-4H3,(H,24,28);1-5,8,11-12H,6-7,9,17H2,(H,21,22)/t15-,16+;11-,12+/m11/s1. The summed E-state index contributed by atoms with van der Waals surface area (Å²) in [5.74, 6) is -0.750. The number of carbonyl (C=O) groups is 5. The van der Waals surface area contributed by atoms with E-state index in [-0.39, 0.29) is 50.3 Å². The van der Waals surface area contributed by atoms with Crippen LogP contribution in [-0.2, 0) is 28.7 Å². The van der Waals surface area contributed by atoms with E-state index in [1.165, 1.54) is 16.9 Å². The summed E-state index contributed by atoms with van der Waals surface area (Å²) in [5.41, 5.74) is 6.46. The molecule has 3 amide bonds. The molecule has 2 aliphatic heterocycles. The number of carboxylic acids is 1. The third-order valence-corrected chi connectivity index (χ3v) is 8.82. The number of carbonyl (C=O) groups excluding carboxylic acids is 4. The van der Waals surface area contributed by atoms with Gasteiger partial charge in [-0.25, -0.2) is 24.4 Å². The summed E-state index contributed by atoms with van der Waals surface area (Å²) in [4.78, 5) is 71.3. The van der Waals surface area contributed by atoms with Crippen LogP contribution >= 0.6 is 0 Å². The number of rotatable bonds is 9. The molecule has 4 N–H and O–H groups in total. The van der Waals surface area contributed by atoms with Crippen LogP contribution in [0.1, 0.15) is 57.2 Å². The highest BCUT2D eigenvalue weighted by Gasteiger charge is 2.43. The molecule has 0 saturated carbocycles. The van der Waals surface area contributed by atoms with Crippen molar-refractivity contribution in [3.8, 4) is 22.6 Å². The third-order valence-electron chi connectivity index (χ3n) is 8.82. The number of nitrogens with zero attached hydrogens (tertiary/aromatic N) is 4. The SMILES string of the molecule is COC(=O)[C@@H]1C[C@@H](c2ncc(-c3ccccc3)o2)CN1C(=O)CNC(=O)OC(C)(C)C.NCC(=O)N1C[C@H](c2ncc(-c3ccccc3)o2)C[C@H]1C(=O)O. The van der Waals surface area contributed by atoms with Crippen molar-refractivity contribution in [2.75, 3.05) is 33.3 Å². The maximum absolute atomic E-state index is 12.7. The van der Waals surface area contributed by atoms with Gasteiger partial charge in [-0.3, -0.25) is 9.59 Å². The molecule has 2 saturated heterocycles. The van der Waals surface area contributed by atoms with Crippen molar-refractivity contribution in [2.45, 2.75) is 63.1 Å². The Morgan fingerprint density at radius 1 is 0.815 bits per heavy atom. The van der Waals surface area contributed by atoms with E-state index in [4.69, 9.17) is 24.0 Å². The Labute approximate surface area is 311 Å². The number of hydrogen-bond donors (Lipinski definition) is 3. The predicted molar refractivity (Wildman–Crippen MR) is 193 cm³/mol. The molecule has 2 aliphatic rings. The molecule has 0 bridgehead atoms. The summed E-state index contributed by atoms with van der Waals surface area (Å²) in [7, 11) is 1.27. The van der Waals surface area contributed by atoms with Gasteiger partial charge in [0.1, 0.15) is 24.2 Å². The van der Waals surface area contributed by atoms with Crippen LogP contribution in [0.15, 0.2) is 81.9 Å². The molecule has 16 nitrogen and oxygen atoms in total. The zero-order valence-corrected chi connectivity index (χ0v) is 30.5. The van der Waals surface area contributed by atoms with Gasteiger partial charge >= 0.3 is 18.0 Å². The van der Waals surface area contributed by atoms with Crippen molar-refractivity contribution >= 4 is 29.8 Å². The van der Waals surface area contributed by atoms with Crippen LogP contribution in [0.3, 0.4) is 0 Å². The Hall–Kier alpha value is -6.03. The molecule has 4 atom stereocenters.